The van der Waals surface area contributed by atoms with Crippen molar-refractivity contribution >= 4 is 14.7 Å². The topological polar surface area (TPSA) is 92.8 Å². The lowest BCUT2D eigenvalue weighted by molar-refractivity contribution is -0.0960. The second-order valence-corrected chi connectivity index (χ2v) is 12.9. The van der Waals surface area contributed by atoms with Crippen LogP contribution in [-0.2, 0) is 37.1 Å². The van der Waals surface area contributed by atoms with Crippen molar-refractivity contribution in [2.45, 2.75) is 98.9 Å². The fourth-order valence-corrected chi connectivity index (χ4v) is 11.5. The van der Waals surface area contributed by atoms with Crippen LogP contribution in [0.4, 0.5) is 0 Å². The van der Waals surface area contributed by atoms with Crippen molar-refractivity contribution in [1.29, 1.82) is 0 Å². The second kappa shape index (κ2) is 16.0. The second-order valence-electron chi connectivity index (χ2n) is 7.54. The van der Waals surface area contributed by atoms with Crippen molar-refractivity contribution < 1.29 is 37.1 Å². The van der Waals surface area contributed by atoms with E-state index >= 15 is 0 Å². The van der Waals surface area contributed by atoms with E-state index < -0.39 is 32.3 Å². The van der Waals surface area contributed by atoms with Crippen LogP contribution >= 0.6 is 14.7 Å². The third-order valence-corrected chi connectivity index (χ3v) is 11.4. The average molecular weight is 504 g/mol. The van der Waals surface area contributed by atoms with E-state index in [1.165, 1.54) is 0 Å². The molecule has 0 aliphatic carbocycles. The van der Waals surface area contributed by atoms with Crippen molar-refractivity contribution in [3.05, 3.63) is 0 Å². The van der Waals surface area contributed by atoms with Crippen LogP contribution in [0.1, 0.15) is 69.2 Å². The molecule has 0 aromatic carbocycles. The van der Waals surface area contributed by atoms with Gasteiger partial charge in [-0.05, 0) is 69.2 Å². The van der Waals surface area contributed by atoms with Crippen molar-refractivity contribution in [2.75, 3.05) is 39.6 Å². The van der Waals surface area contributed by atoms with Crippen molar-refractivity contribution in [3.8, 4) is 0 Å². The van der Waals surface area contributed by atoms with Gasteiger partial charge >= 0.3 is 0 Å². The first-order valence-electron chi connectivity index (χ1n) is 11.8. The van der Waals surface area contributed by atoms with Crippen LogP contribution in [0.15, 0.2) is 0 Å². The van der Waals surface area contributed by atoms with Crippen LogP contribution in [0, 0.1) is 0 Å². The van der Waals surface area contributed by atoms with E-state index in [4.69, 9.17) is 28.0 Å². The van der Waals surface area contributed by atoms with Gasteiger partial charge in [0.25, 0.3) is 14.7 Å². The largest absolute Gasteiger partial charge is 0.345 e. The first-order valence-corrected chi connectivity index (χ1v) is 15.3. The van der Waals surface area contributed by atoms with Gasteiger partial charge in [-0.1, -0.05) is 0 Å². The molecule has 0 N–H and O–H groups in total. The van der Waals surface area contributed by atoms with Gasteiger partial charge in [0.05, 0.1) is 13.2 Å². The zero-order valence-corrected chi connectivity index (χ0v) is 23.5. The third kappa shape index (κ3) is 8.14. The van der Waals surface area contributed by atoms with Crippen molar-refractivity contribution in [3.63, 3.8) is 0 Å². The number of ether oxygens (including phenoxy) is 4. The fraction of sp³-hybridized carbons (Fsp3) is 1.00. The highest BCUT2D eigenvalue weighted by molar-refractivity contribution is 7.77. The van der Waals surface area contributed by atoms with Gasteiger partial charge in [-0.25, -0.2) is 0 Å². The molecule has 9 nitrogen and oxygen atoms in total. The molecule has 194 valence electrons. The van der Waals surface area contributed by atoms with Gasteiger partial charge in [-0.15, -0.1) is 0 Å². The molecular weight excluding hydrogens is 456 g/mol. The molecule has 0 heterocycles. The minimum atomic E-state index is -3.96. The van der Waals surface area contributed by atoms with E-state index in [2.05, 4.69) is 0 Å². The maximum atomic E-state index is 14.8. The van der Waals surface area contributed by atoms with Crippen molar-refractivity contribution in [2.24, 2.45) is 0 Å². The Morgan fingerprint density at radius 3 is 1.03 bits per heavy atom. The molecule has 0 aromatic rings. The fourth-order valence-electron chi connectivity index (χ4n) is 3.68. The number of rotatable bonds is 19. The molecule has 32 heavy (non-hydrogen) atoms. The molecule has 0 bridgehead atoms. The predicted octanol–water partition coefficient (Wildman–Crippen LogP) is 5.73. The van der Waals surface area contributed by atoms with Crippen LogP contribution in [-0.4, -0.2) is 74.2 Å². The van der Waals surface area contributed by atoms with Gasteiger partial charge in [0, 0.05) is 38.5 Å². The minimum Gasteiger partial charge on any atom is -0.345 e. The Labute approximate surface area is 195 Å². The summed E-state index contributed by atoms with van der Waals surface area (Å²) in [6.45, 7) is 19.6. The minimum absolute atomic E-state index is 0.120. The standard InChI is InChI=1S/C21H47NO8P2/c1-11-25-20(26-12-2)31(23,29-15-5)19(22(17(7)8)18(9)10)32(24,30-16-6)21(27-13-3)28-14-4/h17-21H,11-16H2,1-10H3. The number of hydrogen-bond acceptors (Lipinski definition) is 9. The summed E-state index contributed by atoms with van der Waals surface area (Å²) in [7, 11) is -7.91. The zero-order chi connectivity index (χ0) is 24.9. The molecule has 0 saturated carbocycles. The normalized spacial score (nSPS) is 17.5. The lowest BCUT2D eigenvalue weighted by Gasteiger charge is -2.46. The Morgan fingerprint density at radius 2 is 0.844 bits per heavy atom. The highest BCUT2D eigenvalue weighted by Crippen LogP contribution is 2.75. The summed E-state index contributed by atoms with van der Waals surface area (Å²) in [5.74, 6) is 0. The van der Waals surface area contributed by atoms with E-state index in [0.717, 1.165) is 0 Å². The summed E-state index contributed by atoms with van der Waals surface area (Å²) in [6, 6.07) is -2.70. The highest BCUT2D eigenvalue weighted by Gasteiger charge is 2.60. The van der Waals surface area contributed by atoms with Gasteiger partial charge in [0.15, 0.2) is 5.52 Å². The van der Waals surface area contributed by atoms with Crippen molar-refractivity contribution in [1.82, 2.24) is 4.90 Å². The first-order chi connectivity index (χ1) is 15.0. The summed E-state index contributed by atoms with van der Waals surface area (Å²) in [6.07, 6.45) is 0. The Kier molecular flexibility index (Phi) is 16.1. The van der Waals surface area contributed by atoms with E-state index in [-0.39, 0.29) is 51.7 Å². The molecule has 0 amide bonds. The average Bonchev–Trinajstić information content (AvgIpc) is 2.71. The Hall–Kier alpha value is 0.180. The maximum Gasteiger partial charge on any atom is 0.284 e. The van der Waals surface area contributed by atoms with Crippen LogP contribution < -0.4 is 0 Å². The van der Waals surface area contributed by atoms with Gasteiger partial charge in [-0.3, -0.25) is 14.0 Å². The van der Waals surface area contributed by atoms with Crippen LogP contribution in [0.25, 0.3) is 0 Å². The predicted molar refractivity (Wildman–Crippen MR) is 128 cm³/mol. The molecule has 0 spiro atoms. The molecule has 0 aliphatic rings. The SMILES string of the molecule is CCOC(OCC)P(=O)(OCC)C(N(C(C)C)C(C)C)P(=O)(OCC)C(OCC)OCC. The van der Waals surface area contributed by atoms with Crippen LogP contribution in [0.2, 0.25) is 0 Å². The maximum absolute atomic E-state index is 14.8. The number of nitrogens with zero attached hydrogens (tertiary/aromatic N) is 1. The molecule has 0 fully saturated rings. The van der Waals surface area contributed by atoms with E-state index in [0.29, 0.717) is 0 Å². The molecule has 0 saturated heterocycles. The lowest BCUT2D eigenvalue weighted by atomic mass is 10.2. The Balaban J connectivity index is 7.21. The molecule has 2 unspecified atom stereocenters. The third-order valence-electron chi connectivity index (χ3n) is 4.59. The molecule has 0 radical (unpaired) electrons. The molecule has 0 rings (SSSR count). The summed E-state index contributed by atoms with van der Waals surface area (Å²) >= 11 is 0. The summed E-state index contributed by atoms with van der Waals surface area (Å²) < 4.78 is 64.6. The Bertz CT molecular complexity index is 530. The van der Waals surface area contributed by atoms with Gasteiger partial charge in [0.2, 0.25) is 12.1 Å². The molecular formula is C21H47NO8P2. The van der Waals surface area contributed by atoms with Crippen LogP contribution in [0.5, 0.6) is 0 Å². The smallest absolute Gasteiger partial charge is 0.284 e. The quantitative estimate of drug-likeness (QED) is 0.162. The highest BCUT2D eigenvalue weighted by atomic mass is 31.2. The van der Waals surface area contributed by atoms with E-state index in [9.17, 15) is 9.13 Å². The van der Waals surface area contributed by atoms with Crippen LogP contribution in [0.3, 0.4) is 0 Å². The first kappa shape index (κ1) is 32.2. The molecule has 0 aliphatic heterocycles. The lowest BCUT2D eigenvalue weighted by Crippen LogP contribution is -2.49. The van der Waals surface area contributed by atoms with Gasteiger partial charge in [0.1, 0.15) is 0 Å². The monoisotopic (exact) mass is 503 g/mol. The van der Waals surface area contributed by atoms with Gasteiger partial charge in [-0.2, -0.15) is 0 Å². The summed E-state index contributed by atoms with van der Waals surface area (Å²) in [4.78, 5) is 1.89. The Morgan fingerprint density at radius 1 is 0.562 bits per heavy atom. The number of hydrogen-bond donors (Lipinski definition) is 0. The molecule has 2 atom stereocenters. The van der Waals surface area contributed by atoms with E-state index in [1.54, 1.807) is 41.5 Å². The molecule has 11 heteroatoms. The summed E-state index contributed by atoms with van der Waals surface area (Å²) in [5.41, 5.74) is -1.19. The van der Waals surface area contributed by atoms with E-state index in [1.807, 2.05) is 32.6 Å². The molecule has 0 aromatic heterocycles. The van der Waals surface area contributed by atoms with Gasteiger partial charge < -0.3 is 28.0 Å². The summed E-state index contributed by atoms with van der Waals surface area (Å²) in [5, 5.41) is 0. The zero-order valence-electron chi connectivity index (χ0n) is 21.7.